The summed E-state index contributed by atoms with van der Waals surface area (Å²) < 4.78 is 2.19. The van der Waals surface area contributed by atoms with Gasteiger partial charge in [-0.2, -0.15) is 9.83 Å². The highest BCUT2D eigenvalue weighted by Gasteiger charge is 2.14. The first kappa shape index (κ1) is 22.8. The number of nitrogens with one attached hydrogen (secondary N) is 1. The Morgan fingerprint density at radius 1 is 0.944 bits per heavy atom. The van der Waals surface area contributed by atoms with Crippen LogP contribution in [0, 0.1) is 5.21 Å². The van der Waals surface area contributed by atoms with Crippen molar-refractivity contribution >= 4 is 28.2 Å². The van der Waals surface area contributed by atoms with Gasteiger partial charge in [-0.15, -0.1) is 0 Å². The zero-order valence-corrected chi connectivity index (χ0v) is 19.5. The van der Waals surface area contributed by atoms with E-state index in [2.05, 4.69) is 10.4 Å². The Labute approximate surface area is 206 Å². The lowest BCUT2D eigenvalue weighted by atomic mass is 9.99. The number of aromatic nitrogens is 3. The van der Waals surface area contributed by atoms with Crippen molar-refractivity contribution in [2.45, 2.75) is 13.5 Å². The number of fused-ring (bicyclic) bond motifs is 1. The lowest BCUT2D eigenvalue weighted by Crippen LogP contribution is -2.26. The second kappa shape index (κ2) is 9.34. The van der Waals surface area contributed by atoms with Crippen LogP contribution in [0.25, 0.3) is 33.3 Å². The standard InChI is InChI=1S/C28H23N5O3/c1-2-32-28(35)25(30-23-12-5-13-26-22(23)11-6-14-33(26)36)17-24(31-32)20-9-3-7-18(15-20)19-8-4-10-21(16-19)27(29)34/h3-17,30H,2H2,1H3,(H2,29,34). The fourth-order valence-corrected chi connectivity index (χ4v) is 4.17. The molecule has 1 amide bonds. The predicted molar refractivity (Wildman–Crippen MR) is 140 cm³/mol. The first-order valence-electron chi connectivity index (χ1n) is 11.5. The van der Waals surface area contributed by atoms with Crippen LogP contribution in [-0.4, -0.2) is 15.7 Å². The second-order valence-electron chi connectivity index (χ2n) is 8.29. The molecule has 0 aliphatic carbocycles. The van der Waals surface area contributed by atoms with E-state index in [0.29, 0.717) is 40.1 Å². The van der Waals surface area contributed by atoms with Gasteiger partial charge in [-0.3, -0.25) is 9.59 Å². The maximum absolute atomic E-state index is 13.1. The third kappa shape index (κ3) is 4.27. The average Bonchev–Trinajstić information content (AvgIpc) is 2.90. The van der Waals surface area contributed by atoms with E-state index < -0.39 is 5.91 Å². The van der Waals surface area contributed by atoms with Crippen LogP contribution in [0.2, 0.25) is 0 Å². The Kier molecular flexibility index (Phi) is 5.92. The number of anilines is 2. The van der Waals surface area contributed by atoms with Crippen molar-refractivity contribution in [1.82, 2.24) is 9.78 Å². The minimum Gasteiger partial charge on any atom is -0.618 e. The lowest BCUT2D eigenvalue weighted by molar-refractivity contribution is -0.577. The number of benzene rings is 3. The Bertz CT molecular complexity index is 1680. The molecule has 3 N–H and O–H groups in total. The largest absolute Gasteiger partial charge is 0.618 e. The summed E-state index contributed by atoms with van der Waals surface area (Å²) in [6.45, 7) is 2.24. The minimum absolute atomic E-state index is 0.269. The number of amides is 1. The second-order valence-corrected chi connectivity index (χ2v) is 8.29. The number of nitrogens with zero attached hydrogens (tertiary/aromatic N) is 3. The van der Waals surface area contributed by atoms with E-state index in [1.54, 1.807) is 42.5 Å². The molecule has 0 spiro atoms. The van der Waals surface area contributed by atoms with E-state index >= 15 is 0 Å². The third-order valence-corrected chi connectivity index (χ3v) is 5.99. The molecule has 0 aliphatic heterocycles. The lowest BCUT2D eigenvalue weighted by Gasteiger charge is -2.13. The molecule has 8 heteroatoms. The third-order valence-electron chi connectivity index (χ3n) is 5.99. The Hall–Kier alpha value is -4.98. The van der Waals surface area contributed by atoms with E-state index in [-0.39, 0.29) is 5.56 Å². The van der Waals surface area contributed by atoms with Crippen LogP contribution in [0.4, 0.5) is 11.4 Å². The number of carbonyl (C=O) groups excluding carboxylic acids is 1. The minimum atomic E-state index is -0.489. The number of primary amides is 1. The fourth-order valence-electron chi connectivity index (χ4n) is 4.17. The summed E-state index contributed by atoms with van der Waals surface area (Å²) in [5, 5.41) is 20.7. The normalized spacial score (nSPS) is 10.9. The molecule has 5 rings (SSSR count). The molecule has 0 saturated carbocycles. The highest BCUT2D eigenvalue weighted by molar-refractivity contribution is 5.94. The fraction of sp³-hybridized carbons (Fsp3) is 0.0714. The van der Waals surface area contributed by atoms with E-state index in [4.69, 9.17) is 5.73 Å². The monoisotopic (exact) mass is 477 g/mol. The topological polar surface area (TPSA) is 117 Å². The van der Waals surface area contributed by atoms with Gasteiger partial charge in [-0.25, -0.2) is 4.68 Å². The van der Waals surface area contributed by atoms with Crippen LogP contribution in [-0.2, 0) is 6.54 Å². The molecule has 3 aromatic carbocycles. The van der Waals surface area contributed by atoms with Gasteiger partial charge in [0.1, 0.15) is 5.69 Å². The molecule has 178 valence electrons. The van der Waals surface area contributed by atoms with E-state index in [0.717, 1.165) is 21.4 Å². The summed E-state index contributed by atoms with van der Waals surface area (Å²) in [5.41, 5.74) is 10.2. The van der Waals surface area contributed by atoms with Gasteiger partial charge in [-0.1, -0.05) is 36.4 Å². The number of hydrogen-bond acceptors (Lipinski definition) is 5. The maximum atomic E-state index is 13.1. The molecule has 2 aromatic heterocycles. The molecule has 0 fully saturated rings. The van der Waals surface area contributed by atoms with Crippen LogP contribution in [0.15, 0.2) is 95.9 Å². The van der Waals surface area contributed by atoms with Gasteiger partial charge in [-0.05, 0) is 54.4 Å². The Morgan fingerprint density at radius 2 is 1.67 bits per heavy atom. The summed E-state index contributed by atoms with van der Waals surface area (Å²) in [4.78, 5) is 24.7. The highest BCUT2D eigenvalue weighted by Crippen LogP contribution is 2.28. The van der Waals surface area contributed by atoms with Crippen LogP contribution < -0.4 is 21.3 Å². The molecule has 0 atom stereocenters. The average molecular weight is 478 g/mol. The van der Waals surface area contributed by atoms with Gasteiger partial charge in [0.05, 0.1) is 16.8 Å². The summed E-state index contributed by atoms with van der Waals surface area (Å²) in [7, 11) is 0. The van der Waals surface area contributed by atoms with Crippen molar-refractivity contribution in [2.75, 3.05) is 5.32 Å². The smallest absolute Gasteiger partial charge is 0.290 e. The molecule has 0 radical (unpaired) electrons. The Morgan fingerprint density at radius 3 is 2.44 bits per heavy atom. The van der Waals surface area contributed by atoms with Gasteiger partial charge in [0.2, 0.25) is 11.4 Å². The van der Waals surface area contributed by atoms with Crippen LogP contribution in [0.5, 0.6) is 0 Å². The number of aryl methyl sites for hydroxylation is 1. The van der Waals surface area contributed by atoms with Crippen molar-refractivity contribution in [2.24, 2.45) is 5.73 Å². The van der Waals surface area contributed by atoms with Crippen molar-refractivity contribution in [3.05, 3.63) is 112 Å². The molecule has 8 nitrogen and oxygen atoms in total. The van der Waals surface area contributed by atoms with E-state index in [1.807, 2.05) is 49.4 Å². The maximum Gasteiger partial charge on any atom is 0.290 e. The number of carbonyl (C=O) groups is 1. The molecule has 0 unspecified atom stereocenters. The van der Waals surface area contributed by atoms with Gasteiger partial charge in [0.15, 0.2) is 6.20 Å². The van der Waals surface area contributed by atoms with Crippen LogP contribution in [0.1, 0.15) is 17.3 Å². The van der Waals surface area contributed by atoms with Crippen molar-refractivity contribution in [3.63, 3.8) is 0 Å². The summed E-state index contributed by atoms with van der Waals surface area (Å²) >= 11 is 0. The number of nitrogens with two attached hydrogens (primary N) is 1. The molecule has 5 aromatic rings. The summed E-state index contributed by atoms with van der Waals surface area (Å²) in [5.74, 6) is -0.489. The number of hydrogen-bond donors (Lipinski definition) is 2. The molecule has 0 bridgehead atoms. The van der Waals surface area contributed by atoms with Crippen LogP contribution >= 0.6 is 0 Å². The highest BCUT2D eigenvalue weighted by atomic mass is 16.5. The summed E-state index contributed by atoms with van der Waals surface area (Å²) in [6, 6.07) is 25.3. The molecule has 36 heavy (non-hydrogen) atoms. The number of rotatable bonds is 6. The summed E-state index contributed by atoms with van der Waals surface area (Å²) in [6.07, 6.45) is 1.44. The van der Waals surface area contributed by atoms with Crippen molar-refractivity contribution < 1.29 is 9.52 Å². The van der Waals surface area contributed by atoms with Crippen molar-refractivity contribution in [3.8, 4) is 22.4 Å². The van der Waals surface area contributed by atoms with Gasteiger partial charge < -0.3 is 16.3 Å². The predicted octanol–water partition coefficient (Wildman–Crippen LogP) is 4.23. The van der Waals surface area contributed by atoms with E-state index in [1.165, 1.54) is 10.9 Å². The van der Waals surface area contributed by atoms with Crippen molar-refractivity contribution in [1.29, 1.82) is 0 Å². The Balaban J connectivity index is 1.59. The number of pyridine rings is 1. The first-order valence-corrected chi connectivity index (χ1v) is 11.5. The quantitative estimate of drug-likeness (QED) is 0.280. The molecule has 0 aliphatic rings. The van der Waals surface area contributed by atoms with Gasteiger partial charge in [0, 0.05) is 29.8 Å². The molecular formula is C28H23N5O3. The first-order chi connectivity index (χ1) is 17.4. The molecule has 0 saturated heterocycles. The molecular weight excluding hydrogens is 454 g/mol. The van der Waals surface area contributed by atoms with Gasteiger partial charge in [0.25, 0.3) is 5.56 Å². The van der Waals surface area contributed by atoms with Gasteiger partial charge >= 0.3 is 0 Å². The zero-order valence-electron chi connectivity index (χ0n) is 19.5. The van der Waals surface area contributed by atoms with Crippen LogP contribution in [0.3, 0.4) is 0 Å². The molecule has 2 heterocycles. The zero-order chi connectivity index (χ0) is 25.2. The SMILES string of the molecule is CCn1nc(-c2cccc(-c3cccc(C(N)=O)c3)c2)cc(Nc2cccc3c2ccc[n+]3[O-])c1=O. The van der Waals surface area contributed by atoms with E-state index in [9.17, 15) is 14.8 Å².